The number of ether oxygens (including phenoxy) is 1. The number of carbonyl (C=O) groups excluding carboxylic acids is 2. The second-order valence-corrected chi connectivity index (χ2v) is 10.0. The van der Waals surface area contributed by atoms with Crippen LogP contribution in [0.5, 0.6) is 5.75 Å². The van der Waals surface area contributed by atoms with Crippen LogP contribution in [-0.4, -0.2) is 30.1 Å². The predicted octanol–water partition coefficient (Wildman–Crippen LogP) is 8.07. The lowest BCUT2D eigenvalue weighted by Gasteiger charge is -2.18. The van der Waals surface area contributed by atoms with Crippen molar-refractivity contribution < 1.29 is 50.2 Å². The molecule has 0 heterocycles. The van der Waals surface area contributed by atoms with Crippen molar-refractivity contribution in [2.45, 2.75) is 24.8 Å². The van der Waals surface area contributed by atoms with Crippen LogP contribution < -0.4 is 5.32 Å². The third kappa shape index (κ3) is 7.49. The summed E-state index contributed by atoms with van der Waals surface area (Å²) in [4.78, 5) is 25.6. The Morgan fingerprint density at radius 2 is 1.34 bits per heavy atom. The normalized spacial score (nSPS) is 12.5. The van der Waals surface area contributed by atoms with Crippen LogP contribution in [-0.2, 0) is 28.3 Å². The molecule has 0 saturated carbocycles. The van der Waals surface area contributed by atoms with Crippen LogP contribution in [0.1, 0.15) is 27.0 Å². The number of carbonyl (C=O) groups is 2. The summed E-state index contributed by atoms with van der Waals surface area (Å²) in [6, 6.07) is 13.1. The van der Waals surface area contributed by atoms with Gasteiger partial charge in [-0.15, -0.1) is 0 Å². The summed E-state index contributed by atoms with van der Waals surface area (Å²) >= 11 is 5.84. The molecule has 13 heteroatoms. The lowest BCUT2D eigenvalue weighted by atomic mass is 9.97. The number of benzene rings is 4. The molecular formula is C31H21ClF7NO4. The summed E-state index contributed by atoms with van der Waals surface area (Å²) < 4.78 is 98.0. The maximum absolute atomic E-state index is 13.6. The van der Waals surface area contributed by atoms with Crippen molar-refractivity contribution in [3.05, 3.63) is 112 Å². The molecule has 0 aliphatic heterocycles. The summed E-state index contributed by atoms with van der Waals surface area (Å²) in [5.74, 6) is -2.81. The summed E-state index contributed by atoms with van der Waals surface area (Å²) in [5.41, 5.74) is -2.20. The second kappa shape index (κ2) is 12.6. The first-order chi connectivity index (χ1) is 20.6. The average molecular weight is 640 g/mol. The van der Waals surface area contributed by atoms with Crippen LogP contribution in [0.4, 0.5) is 30.7 Å². The van der Waals surface area contributed by atoms with Gasteiger partial charge in [-0.1, -0.05) is 48.0 Å². The lowest BCUT2D eigenvalue weighted by Crippen LogP contribution is -2.43. The molecule has 0 bridgehead atoms. The third-order valence-electron chi connectivity index (χ3n) is 6.60. The van der Waals surface area contributed by atoms with E-state index in [0.29, 0.717) is 28.8 Å². The topological polar surface area (TPSA) is 75.6 Å². The Hall–Kier alpha value is -4.58. The highest BCUT2D eigenvalue weighted by Crippen LogP contribution is 2.39. The van der Waals surface area contributed by atoms with Gasteiger partial charge in [0.15, 0.2) is 0 Å². The first kappa shape index (κ1) is 32.3. The van der Waals surface area contributed by atoms with Gasteiger partial charge >= 0.3 is 18.3 Å². The van der Waals surface area contributed by atoms with Crippen molar-refractivity contribution in [3.63, 3.8) is 0 Å². The first-order valence-electron chi connectivity index (χ1n) is 12.6. The van der Waals surface area contributed by atoms with Gasteiger partial charge in [-0.25, -0.2) is 9.18 Å². The Kier molecular flexibility index (Phi) is 9.24. The van der Waals surface area contributed by atoms with Gasteiger partial charge in [-0.05, 0) is 70.3 Å². The Balaban J connectivity index is 1.58. The fourth-order valence-corrected chi connectivity index (χ4v) is 4.52. The van der Waals surface area contributed by atoms with Crippen molar-refractivity contribution >= 4 is 23.5 Å². The molecule has 0 fully saturated rings. The van der Waals surface area contributed by atoms with Gasteiger partial charge < -0.3 is 15.2 Å². The molecule has 0 saturated heterocycles. The molecule has 1 amide bonds. The zero-order valence-electron chi connectivity index (χ0n) is 22.5. The smallest absolute Gasteiger partial charge is 0.416 e. The van der Waals surface area contributed by atoms with Gasteiger partial charge in [0.05, 0.1) is 28.8 Å². The number of methoxy groups -OCH3 is 1. The molecule has 0 radical (unpaired) electrons. The van der Waals surface area contributed by atoms with Gasteiger partial charge in [0.25, 0.3) is 5.91 Å². The van der Waals surface area contributed by atoms with Crippen molar-refractivity contribution in [2.75, 3.05) is 7.11 Å². The maximum Gasteiger partial charge on any atom is 0.416 e. The van der Waals surface area contributed by atoms with E-state index in [1.165, 1.54) is 54.6 Å². The summed E-state index contributed by atoms with van der Waals surface area (Å²) in [6.45, 7) is 0. The van der Waals surface area contributed by atoms with E-state index in [1.807, 2.05) is 0 Å². The number of alkyl halides is 6. The molecule has 4 aromatic rings. The number of rotatable bonds is 7. The van der Waals surface area contributed by atoms with E-state index >= 15 is 0 Å². The van der Waals surface area contributed by atoms with Crippen molar-refractivity contribution in [2.24, 2.45) is 0 Å². The number of hydrogen-bond donors (Lipinski definition) is 2. The number of phenolic OH excluding ortho intramolecular Hbond substituents is 1. The van der Waals surface area contributed by atoms with Crippen LogP contribution in [0.15, 0.2) is 78.9 Å². The molecular weight excluding hydrogens is 619 g/mol. The summed E-state index contributed by atoms with van der Waals surface area (Å²) in [6.07, 6.45) is -10.2. The Morgan fingerprint density at radius 1 is 0.795 bits per heavy atom. The first-order valence-corrected chi connectivity index (χ1v) is 13.0. The molecule has 0 aromatic heterocycles. The number of amides is 1. The Morgan fingerprint density at radius 3 is 1.89 bits per heavy atom. The van der Waals surface area contributed by atoms with E-state index in [1.54, 1.807) is 0 Å². The monoisotopic (exact) mass is 639 g/mol. The largest absolute Gasteiger partial charge is 0.507 e. The number of esters is 1. The predicted molar refractivity (Wildman–Crippen MR) is 147 cm³/mol. The van der Waals surface area contributed by atoms with Crippen LogP contribution in [0.3, 0.4) is 0 Å². The van der Waals surface area contributed by atoms with Gasteiger partial charge in [0.2, 0.25) is 0 Å². The average Bonchev–Trinajstić information content (AvgIpc) is 2.97. The molecule has 4 rings (SSSR count). The van der Waals surface area contributed by atoms with Crippen molar-refractivity contribution in [3.8, 4) is 28.0 Å². The van der Waals surface area contributed by atoms with Crippen LogP contribution >= 0.6 is 11.6 Å². The van der Waals surface area contributed by atoms with E-state index in [9.17, 15) is 45.4 Å². The van der Waals surface area contributed by atoms with Gasteiger partial charge in [-0.3, -0.25) is 4.79 Å². The molecule has 2 N–H and O–H groups in total. The van der Waals surface area contributed by atoms with Crippen LogP contribution in [0.25, 0.3) is 22.3 Å². The SMILES string of the molecule is COC(=O)C(Cc1ccc(-c2cc(C(F)(F)F)cc(C(F)(F)F)c2)cc1)NC(=O)c1cc(-c2ccc(F)c(Cl)c2)ccc1O. The number of nitrogens with one attached hydrogen (secondary N) is 1. The highest BCUT2D eigenvalue weighted by molar-refractivity contribution is 6.31. The Bertz CT molecular complexity index is 1670. The molecule has 0 spiro atoms. The minimum Gasteiger partial charge on any atom is -0.507 e. The number of phenols is 1. The molecule has 0 aliphatic carbocycles. The fraction of sp³-hybridized carbons (Fsp3) is 0.161. The van der Waals surface area contributed by atoms with Gasteiger partial charge in [0.1, 0.15) is 17.6 Å². The molecule has 4 aromatic carbocycles. The zero-order valence-corrected chi connectivity index (χ0v) is 23.2. The van der Waals surface area contributed by atoms with Gasteiger partial charge in [0, 0.05) is 6.42 Å². The third-order valence-corrected chi connectivity index (χ3v) is 6.89. The minimum atomic E-state index is -5.01. The molecule has 1 unspecified atom stereocenters. The number of aromatic hydroxyl groups is 1. The van der Waals surface area contributed by atoms with Crippen molar-refractivity contribution in [1.29, 1.82) is 0 Å². The van der Waals surface area contributed by atoms with E-state index in [-0.39, 0.29) is 34.2 Å². The number of halogens is 8. The van der Waals surface area contributed by atoms with Crippen LogP contribution in [0.2, 0.25) is 5.02 Å². The molecule has 230 valence electrons. The van der Waals surface area contributed by atoms with E-state index < -0.39 is 53.0 Å². The quantitative estimate of drug-likeness (QED) is 0.158. The zero-order chi connectivity index (χ0) is 32.4. The highest BCUT2D eigenvalue weighted by atomic mass is 35.5. The van der Waals surface area contributed by atoms with E-state index in [2.05, 4.69) is 5.32 Å². The maximum atomic E-state index is 13.6. The highest BCUT2D eigenvalue weighted by Gasteiger charge is 2.37. The standard InChI is InChI=1S/C31H21ClF7NO4/c1-44-29(43)26(40-28(42)23-13-18(7-9-27(23)41)19-6-8-25(33)24(32)14-19)10-16-2-4-17(5-3-16)20-11-21(30(34,35)36)15-22(12-20)31(37,38)39/h2-9,11-15,26,41H,10H2,1H3,(H,40,42). The molecule has 1 atom stereocenters. The van der Waals surface area contributed by atoms with E-state index in [0.717, 1.165) is 13.2 Å². The summed E-state index contributed by atoms with van der Waals surface area (Å²) in [5, 5.41) is 12.6. The number of hydrogen-bond acceptors (Lipinski definition) is 4. The molecule has 5 nitrogen and oxygen atoms in total. The second-order valence-electron chi connectivity index (χ2n) is 9.61. The van der Waals surface area contributed by atoms with Gasteiger partial charge in [-0.2, -0.15) is 26.3 Å². The minimum absolute atomic E-state index is 0.0315. The van der Waals surface area contributed by atoms with Crippen LogP contribution in [0, 0.1) is 5.82 Å². The molecule has 0 aliphatic rings. The van der Waals surface area contributed by atoms with Crippen molar-refractivity contribution in [1.82, 2.24) is 5.32 Å². The van der Waals surface area contributed by atoms with E-state index in [4.69, 9.17) is 16.3 Å². The fourth-order valence-electron chi connectivity index (χ4n) is 4.34. The lowest BCUT2D eigenvalue weighted by molar-refractivity contribution is -0.144. The Labute approximate surface area is 250 Å². The molecule has 44 heavy (non-hydrogen) atoms. The summed E-state index contributed by atoms with van der Waals surface area (Å²) in [7, 11) is 1.08.